The van der Waals surface area contributed by atoms with Crippen molar-refractivity contribution in [1.29, 1.82) is 0 Å². The van der Waals surface area contributed by atoms with E-state index in [1.807, 2.05) is 23.9 Å². The normalized spacial score (nSPS) is 21.3. The largest absolute Gasteiger partial charge is 0.357 e. The number of pyridine rings is 1. The Bertz CT molecular complexity index is 1180. The van der Waals surface area contributed by atoms with Crippen molar-refractivity contribution < 1.29 is 4.39 Å². The van der Waals surface area contributed by atoms with Crippen LogP contribution >= 0.6 is 0 Å². The predicted octanol–water partition coefficient (Wildman–Crippen LogP) is 5.37. The number of rotatable bonds is 4. The van der Waals surface area contributed by atoms with Gasteiger partial charge in [0.15, 0.2) is 11.5 Å². The first kappa shape index (κ1) is 23.7. The molecule has 3 aliphatic rings. The molecule has 3 aliphatic heterocycles. The highest BCUT2D eigenvalue weighted by Crippen LogP contribution is 2.43. The van der Waals surface area contributed by atoms with Crippen molar-refractivity contribution in [2.45, 2.75) is 57.9 Å². The molecule has 0 radical (unpaired) electrons. The highest BCUT2D eigenvalue weighted by molar-refractivity contribution is 5.89. The molecule has 0 saturated carbocycles. The summed E-state index contributed by atoms with van der Waals surface area (Å²) < 4.78 is 15.5. The van der Waals surface area contributed by atoms with Crippen molar-refractivity contribution in [2.24, 2.45) is 12.5 Å². The molecule has 0 bridgehead atoms. The van der Waals surface area contributed by atoms with Gasteiger partial charge in [-0.25, -0.2) is 14.1 Å². The van der Waals surface area contributed by atoms with Crippen LogP contribution in [0.25, 0.3) is 11.0 Å². The smallest absolute Gasteiger partial charge is 0.162 e. The second kappa shape index (κ2) is 10.0. The second-order valence-corrected chi connectivity index (χ2v) is 11.3. The molecule has 7 heteroatoms. The van der Waals surface area contributed by atoms with Crippen LogP contribution in [0.15, 0.2) is 36.4 Å². The molecule has 0 atom stereocenters. The van der Waals surface area contributed by atoms with Gasteiger partial charge in [-0.3, -0.25) is 4.90 Å². The molecule has 3 aromatic rings. The van der Waals surface area contributed by atoms with Gasteiger partial charge in [0.2, 0.25) is 0 Å². The number of hydrogen-bond acceptors (Lipinski definition) is 5. The van der Waals surface area contributed by atoms with E-state index in [0.29, 0.717) is 5.41 Å². The van der Waals surface area contributed by atoms with Crippen LogP contribution in [0, 0.1) is 11.2 Å². The minimum atomic E-state index is -0.135. The van der Waals surface area contributed by atoms with Gasteiger partial charge in [-0.15, -0.1) is 0 Å². The number of benzene rings is 1. The summed E-state index contributed by atoms with van der Waals surface area (Å²) in [5.74, 6) is 2.06. The van der Waals surface area contributed by atoms with E-state index in [1.165, 1.54) is 62.8 Å². The predicted molar refractivity (Wildman–Crippen MR) is 144 cm³/mol. The molecule has 0 aliphatic carbocycles. The lowest BCUT2D eigenvalue weighted by Gasteiger charge is -2.47. The topological polar surface area (TPSA) is 40.4 Å². The average Bonchev–Trinajstić information content (AvgIpc) is 3.05. The third-order valence-electron chi connectivity index (χ3n) is 8.92. The first-order chi connectivity index (χ1) is 17.6. The van der Waals surface area contributed by atoms with Crippen LogP contribution in [0.3, 0.4) is 0 Å². The Morgan fingerprint density at radius 2 is 1.56 bits per heavy atom. The lowest BCUT2D eigenvalue weighted by Crippen LogP contribution is -2.46. The first-order valence-corrected chi connectivity index (χ1v) is 13.9. The Hall–Kier alpha value is -2.67. The molecule has 3 fully saturated rings. The van der Waals surface area contributed by atoms with Crippen LogP contribution in [0.1, 0.15) is 56.9 Å². The zero-order valence-corrected chi connectivity index (χ0v) is 21.6. The third-order valence-corrected chi connectivity index (χ3v) is 8.92. The standard InChI is InChI=1S/C29H39FN6/c1-33-27-25(9-10-26(31-27)35-15-4-2-3-5-16-35)28(32-33)36-19-13-29(14-20-36)11-17-34(18-12-29)22-23-7-6-8-24(30)21-23/h6-10,21H,2-5,11-20,22H2,1H3. The van der Waals surface area contributed by atoms with Gasteiger partial charge in [-0.2, -0.15) is 5.10 Å². The highest BCUT2D eigenvalue weighted by Gasteiger charge is 2.38. The molecule has 6 rings (SSSR count). The Morgan fingerprint density at radius 3 is 2.28 bits per heavy atom. The van der Waals surface area contributed by atoms with Crippen molar-refractivity contribution in [3.8, 4) is 0 Å². The summed E-state index contributed by atoms with van der Waals surface area (Å²) >= 11 is 0. The second-order valence-electron chi connectivity index (χ2n) is 11.3. The Balaban J connectivity index is 1.09. The lowest BCUT2D eigenvalue weighted by atomic mass is 9.71. The number of likely N-dealkylation sites (tertiary alicyclic amines) is 1. The molecule has 2 aromatic heterocycles. The fourth-order valence-electron chi connectivity index (χ4n) is 6.58. The Morgan fingerprint density at radius 1 is 0.833 bits per heavy atom. The van der Waals surface area contributed by atoms with E-state index in [9.17, 15) is 4.39 Å². The fraction of sp³-hybridized carbons (Fsp3) is 0.586. The van der Waals surface area contributed by atoms with E-state index in [4.69, 9.17) is 10.1 Å². The first-order valence-electron chi connectivity index (χ1n) is 13.9. The number of piperidine rings is 2. The molecule has 1 spiro atoms. The third kappa shape index (κ3) is 4.82. The molecule has 0 N–H and O–H groups in total. The van der Waals surface area contributed by atoms with Crippen LogP contribution in [0.4, 0.5) is 16.0 Å². The van der Waals surface area contributed by atoms with E-state index in [-0.39, 0.29) is 5.82 Å². The molecule has 6 nitrogen and oxygen atoms in total. The molecule has 5 heterocycles. The van der Waals surface area contributed by atoms with Crippen LogP contribution in [-0.4, -0.2) is 58.9 Å². The summed E-state index contributed by atoms with van der Waals surface area (Å²) in [6.07, 6.45) is 10.1. The van der Waals surface area contributed by atoms with E-state index < -0.39 is 0 Å². The van der Waals surface area contributed by atoms with Crippen molar-refractivity contribution in [2.75, 3.05) is 49.1 Å². The SMILES string of the molecule is Cn1nc(N2CCC3(CCN(Cc4cccc(F)c4)CC3)CC2)c2ccc(N3CCCCCC3)nc21. The van der Waals surface area contributed by atoms with Gasteiger partial charge in [0.25, 0.3) is 0 Å². The summed E-state index contributed by atoms with van der Waals surface area (Å²) in [5, 5.41) is 6.12. The van der Waals surface area contributed by atoms with Gasteiger partial charge in [0.05, 0.1) is 5.39 Å². The summed E-state index contributed by atoms with van der Waals surface area (Å²) in [6.45, 7) is 7.40. The van der Waals surface area contributed by atoms with Gasteiger partial charge >= 0.3 is 0 Å². The molecule has 3 saturated heterocycles. The monoisotopic (exact) mass is 490 g/mol. The molecule has 0 unspecified atom stereocenters. The maximum atomic E-state index is 13.6. The summed E-state index contributed by atoms with van der Waals surface area (Å²) in [5.41, 5.74) is 2.52. The number of fused-ring (bicyclic) bond motifs is 1. The van der Waals surface area contributed by atoms with Gasteiger partial charge in [-0.05, 0) is 86.9 Å². The number of halogens is 1. The molecule has 192 valence electrons. The zero-order valence-electron chi connectivity index (χ0n) is 21.6. The zero-order chi connectivity index (χ0) is 24.5. The van der Waals surface area contributed by atoms with Crippen molar-refractivity contribution in [3.63, 3.8) is 0 Å². The highest BCUT2D eigenvalue weighted by atomic mass is 19.1. The quantitative estimate of drug-likeness (QED) is 0.492. The maximum Gasteiger partial charge on any atom is 0.162 e. The van der Waals surface area contributed by atoms with E-state index in [1.54, 1.807) is 6.07 Å². The van der Waals surface area contributed by atoms with Gasteiger partial charge in [0, 0.05) is 39.8 Å². The number of aromatic nitrogens is 3. The van der Waals surface area contributed by atoms with Crippen LogP contribution in [0.5, 0.6) is 0 Å². The summed E-state index contributed by atoms with van der Waals surface area (Å²) in [7, 11) is 2.03. The van der Waals surface area contributed by atoms with Gasteiger partial charge in [0.1, 0.15) is 11.6 Å². The van der Waals surface area contributed by atoms with E-state index in [0.717, 1.165) is 68.7 Å². The minimum absolute atomic E-state index is 0.135. The fourth-order valence-corrected chi connectivity index (χ4v) is 6.58. The van der Waals surface area contributed by atoms with Crippen LogP contribution in [-0.2, 0) is 13.6 Å². The molecular formula is C29H39FN6. The number of hydrogen-bond donors (Lipinski definition) is 0. The van der Waals surface area contributed by atoms with Gasteiger partial charge in [-0.1, -0.05) is 25.0 Å². The van der Waals surface area contributed by atoms with Crippen molar-refractivity contribution in [1.82, 2.24) is 19.7 Å². The molecule has 0 amide bonds. The average molecular weight is 491 g/mol. The van der Waals surface area contributed by atoms with E-state index in [2.05, 4.69) is 26.8 Å². The van der Waals surface area contributed by atoms with Crippen molar-refractivity contribution in [3.05, 3.63) is 47.8 Å². The van der Waals surface area contributed by atoms with Gasteiger partial charge < -0.3 is 9.80 Å². The minimum Gasteiger partial charge on any atom is -0.357 e. The Kier molecular flexibility index (Phi) is 6.59. The number of anilines is 2. The van der Waals surface area contributed by atoms with Crippen LogP contribution in [0.2, 0.25) is 0 Å². The van der Waals surface area contributed by atoms with Crippen LogP contribution < -0.4 is 9.80 Å². The Labute approximate surface area is 214 Å². The number of aryl methyl sites for hydroxylation is 1. The molecule has 36 heavy (non-hydrogen) atoms. The molecular weight excluding hydrogens is 451 g/mol. The number of nitrogens with zero attached hydrogens (tertiary/aromatic N) is 6. The lowest BCUT2D eigenvalue weighted by molar-refractivity contribution is 0.0757. The maximum absolute atomic E-state index is 13.6. The molecule has 1 aromatic carbocycles. The van der Waals surface area contributed by atoms with E-state index >= 15 is 0 Å². The summed E-state index contributed by atoms with van der Waals surface area (Å²) in [6, 6.07) is 11.5. The van der Waals surface area contributed by atoms with Crippen molar-refractivity contribution >= 4 is 22.7 Å². The summed E-state index contributed by atoms with van der Waals surface area (Å²) in [4.78, 5) is 12.5.